The maximum absolute atomic E-state index is 9.46. The summed E-state index contributed by atoms with van der Waals surface area (Å²) in [6.45, 7) is 4.43. The zero-order valence-corrected chi connectivity index (χ0v) is 12.2. The van der Waals surface area contributed by atoms with Crippen LogP contribution in [-0.2, 0) is 6.42 Å². The molecule has 0 spiro atoms. The molecule has 1 aromatic rings. The molecule has 0 N–H and O–H groups in total. The Morgan fingerprint density at radius 1 is 1.16 bits per heavy atom. The highest BCUT2D eigenvalue weighted by atomic mass is 14.4. The first-order valence-corrected chi connectivity index (χ1v) is 7.76. The topological polar surface area (TPSA) is 23.8 Å². The van der Waals surface area contributed by atoms with Crippen LogP contribution in [-0.4, -0.2) is 0 Å². The predicted octanol–water partition coefficient (Wildman–Crippen LogP) is 5.07. The van der Waals surface area contributed by atoms with Gasteiger partial charge >= 0.3 is 0 Å². The molecule has 1 fully saturated rings. The van der Waals surface area contributed by atoms with Crippen molar-refractivity contribution in [1.29, 1.82) is 5.26 Å². The maximum atomic E-state index is 9.46. The van der Waals surface area contributed by atoms with Crippen molar-refractivity contribution < 1.29 is 0 Å². The van der Waals surface area contributed by atoms with E-state index in [0.29, 0.717) is 5.92 Å². The van der Waals surface area contributed by atoms with E-state index >= 15 is 0 Å². The Bertz CT molecular complexity index is 426. The SMILES string of the molecule is CCCC1CCC(c2ccc(CC)cc2)C(C#N)C1. The molecule has 1 aromatic carbocycles. The average molecular weight is 255 g/mol. The molecule has 0 saturated heterocycles. The number of nitrogens with zero attached hydrogens (tertiary/aromatic N) is 1. The molecule has 1 nitrogen and oxygen atoms in total. The lowest BCUT2D eigenvalue weighted by molar-refractivity contribution is 0.261. The second-order valence-electron chi connectivity index (χ2n) is 5.90. The molecular formula is C18H25N. The van der Waals surface area contributed by atoms with Crippen molar-refractivity contribution in [3.63, 3.8) is 0 Å². The van der Waals surface area contributed by atoms with Crippen molar-refractivity contribution in [2.45, 2.75) is 58.3 Å². The molecule has 3 unspecified atom stereocenters. The molecule has 0 radical (unpaired) electrons. The molecule has 1 aliphatic carbocycles. The van der Waals surface area contributed by atoms with Crippen LogP contribution in [0.4, 0.5) is 0 Å². The lowest BCUT2D eigenvalue weighted by atomic mass is 9.71. The van der Waals surface area contributed by atoms with Gasteiger partial charge in [-0.3, -0.25) is 0 Å². The third kappa shape index (κ3) is 3.38. The van der Waals surface area contributed by atoms with Crippen molar-refractivity contribution in [2.75, 3.05) is 0 Å². The first-order chi connectivity index (χ1) is 9.28. The molecule has 1 heteroatoms. The summed E-state index contributed by atoms with van der Waals surface area (Å²) in [6.07, 6.45) is 7.22. The number of nitriles is 1. The zero-order chi connectivity index (χ0) is 13.7. The van der Waals surface area contributed by atoms with Crippen LogP contribution < -0.4 is 0 Å². The summed E-state index contributed by atoms with van der Waals surface area (Å²) in [5.74, 6) is 1.46. The van der Waals surface area contributed by atoms with Crippen LogP contribution in [0.15, 0.2) is 24.3 Å². The Morgan fingerprint density at radius 2 is 1.89 bits per heavy atom. The zero-order valence-electron chi connectivity index (χ0n) is 12.2. The lowest BCUT2D eigenvalue weighted by Gasteiger charge is -2.32. The van der Waals surface area contributed by atoms with Gasteiger partial charge in [-0.05, 0) is 48.6 Å². The number of hydrogen-bond acceptors (Lipinski definition) is 1. The summed E-state index contributed by atoms with van der Waals surface area (Å²) in [4.78, 5) is 0. The fourth-order valence-corrected chi connectivity index (χ4v) is 3.47. The summed E-state index contributed by atoms with van der Waals surface area (Å²) in [6, 6.07) is 11.5. The van der Waals surface area contributed by atoms with E-state index in [1.54, 1.807) is 0 Å². The molecule has 1 aliphatic rings. The standard InChI is InChI=1S/C18H25N/c1-3-5-15-8-11-18(17(12-15)13-19)16-9-6-14(4-2)7-10-16/h6-7,9-10,15,17-18H,3-5,8,11-12H2,1-2H3. The molecule has 0 amide bonds. The summed E-state index contributed by atoms with van der Waals surface area (Å²) in [7, 11) is 0. The van der Waals surface area contributed by atoms with Crippen molar-refractivity contribution in [1.82, 2.24) is 0 Å². The number of hydrogen-bond donors (Lipinski definition) is 0. The van der Waals surface area contributed by atoms with Gasteiger partial charge in [-0.25, -0.2) is 0 Å². The Labute approximate surface area is 117 Å². The van der Waals surface area contributed by atoms with Crippen LogP contribution >= 0.6 is 0 Å². The molecule has 3 atom stereocenters. The third-order valence-electron chi connectivity index (χ3n) is 4.64. The highest BCUT2D eigenvalue weighted by Gasteiger charge is 2.30. The van der Waals surface area contributed by atoms with Gasteiger partial charge in [0.05, 0.1) is 12.0 Å². The third-order valence-corrected chi connectivity index (χ3v) is 4.64. The molecule has 102 valence electrons. The molecule has 1 saturated carbocycles. The Balaban J connectivity index is 2.09. The number of aryl methyl sites for hydroxylation is 1. The van der Waals surface area contributed by atoms with Gasteiger partial charge < -0.3 is 0 Å². The minimum absolute atomic E-state index is 0.220. The highest BCUT2D eigenvalue weighted by Crippen LogP contribution is 2.41. The summed E-state index contributed by atoms with van der Waals surface area (Å²) in [5, 5.41) is 9.46. The smallest absolute Gasteiger partial charge is 0.0662 e. The van der Waals surface area contributed by atoms with E-state index in [2.05, 4.69) is 44.2 Å². The molecule has 0 bridgehead atoms. The first-order valence-electron chi connectivity index (χ1n) is 7.76. The van der Waals surface area contributed by atoms with Crippen LogP contribution in [0, 0.1) is 23.2 Å². The molecule has 19 heavy (non-hydrogen) atoms. The summed E-state index contributed by atoms with van der Waals surface area (Å²) in [5.41, 5.74) is 2.76. The molecule has 0 aliphatic heterocycles. The quantitative estimate of drug-likeness (QED) is 0.736. The van der Waals surface area contributed by atoms with E-state index in [-0.39, 0.29) is 5.92 Å². The van der Waals surface area contributed by atoms with Crippen molar-refractivity contribution in [3.8, 4) is 6.07 Å². The van der Waals surface area contributed by atoms with Crippen LogP contribution in [0.25, 0.3) is 0 Å². The number of rotatable bonds is 4. The fourth-order valence-electron chi connectivity index (χ4n) is 3.47. The van der Waals surface area contributed by atoms with Gasteiger partial charge in [0.25, 0.3) is 0 Å². The first kappa shape index (κ1) is 14.1. The van der Waals surface area contributed by atoms with E-state index < -0.39 is 0 Å². The van der Waals surface area contributed by atoms with Crippen molar-refractivity contribution in [2.24, 2.45) is 11.8 Å². The van der Waals surface area contributed by atoms with Gasteiger partial charge in [0.15, 0.2) is 0 Å². The fraction of sp³-hybridized carbons (Fsp3) is 0.611. The number of benzene rings is 1. The van der Waals surface area contributed by atoms with Gasteiger partial charge in [0, 0.05) is 0 Å². The largest absolute Gasteiger partial charge is 0.198 e. The van der Waals surface area contributed by atoms with Crippen LogP contribution in [0.3, 0.4) is 0 Å². The normalized spacial score (nSPS) is 26.9. The average Bonchev–Trinajstić information content (AvgIpc) is 2.47. The van der Waals surface area contributed by atoms with E-state index in [1.165, 1.54) is 36.8 Å². The molecular weight excluding hydrogens is 230 g/mol. The van der Waals surface area contributed by atoms with Crippen molar-refractivity contribution in [3.05, 3.63) is 35.4 Å². The van der Waals surface area contributed by atoms with Gasteiger partial charge in [-0.2, -0.15) is 5.26 Å². The van der Waals surface area contributed by atoms with Crippen LogP contribution in [0.1, 0.15) is 63.0 Å². The van der Waals surface area contributed by atoms with Gasteiger partial charge in [-0.15, -0.1) is 0 Å². The summed E-state index contributed by atoms with van der Waals surface area (Å²) < 4.78 is 0. The van der Waals surface area contributed by atoms with Gasteiger partial charge in [0.1, 0.15) is 0 Å². The van der Waals surface area contributed by atoms with E-state index in [1.807, 2.05) is 0 Å². The van der Waals surface area contributed by atoms with E-state index in [0.717, 1.165) is 18.8 Å². The highest BCUT2D eigenvalue weighted by molar-refractivity contribution is 5.27. The second-order valence-corrected chi connectivity index (χ2v) is 5.90. The summed E-state index contributed by atoms with van der Waals surface area (Å²) >= 11 is 0. The molecule has 0 heterocycles. The Hall–Kier alpha value is -1.29. The van der Waals surface area contributed by atoms with E-state index in [4.69, 9.17) is 0 Å². The lowest BCUT2D eigenvalue weighted by Crippen LogP contribution is -2.22. The van der Waals surface area contributed by atoms with Crippen LogP contribution in [0.2, 0.25) is 0 Å². The second kappa shape index (κ2) is 6.75. The molecule has 0 aromatic heterocycles. The minimum atomic E-state index is 0.220. The maximum Gasteiger partial charge on any atom is 0.0662 e. The monoisotopic (exact) mass is 255 g/mol. The predicted molar refractivity (Wildman–Crippen MR) is 79.9 cm³/mol. The molecule has 2 rings (SSSR count). The van der Waals surface area contributed by atoms with Gasteiger partial charge in [0.2, 0.25) is 0 Å². The Morgan fingerprint density at radius 3 is 2.47 bits per heavy atom. The minimum Gasteiger partial charge on any atom is -0.198 e. The Kier molecular flexibility index (Phi) is 5.02. The van der Waals surface area contributed by atoms with E-state index in [9.17, 15) is 5.26 Å². The van der Waals surface area contributed by atoms with Crippen molar-refractivity contribution >= 4 is 0 Å². The van der Waals surface area contributed by atoms with Crippen LogP contribution in [0.5, 0.6) is 0 Å². The van der Waals surface area contributed by atoms with Gasteiger partial charge in [-0.1, -0.05) is 51.0 Å².